The number of nitrogens with zero attached hydrogens (tertiary/aromatic N) is 2. The van der Waals surface area contributed by atoms with Gasteiger partial charge in [-0.25, -0.2) is 0 Å². The Bertz CT molecular complexity index is 865. The van der Waals surface area contributed by atoms with Gasteiger partial charge in [-0.2, -0.15) is 5.26 Å². The number of carbonyl (C=O) groups excluding carboxylic acids is 1. The lowest BCUT2D eigenvalue weighted by Crippen LogP contribution is -2.41. The van der Waals surface area contributed by atoms with Crippen molar-refractivity contribution in [3.8, 4) is 6.07 Å². The third-order valence-corrected chi connectivity index (χ3v) is 5.35. The van der Waals surface area contributed by atoms with Crippen molar-refractivity contribution in [3.05, 3.63) is 64.9 Å². The molecule has 0 radical (unpaired) electrons. The molecule has 1 aromatic rings. The van der Waals surface area contributed by atoms with Gasteiger partial charge in [0.05, 0.1) is 16.4 Å². The van der Waals surface area contributed by atoms with E-state index < -0.39 is 5.41 Å². The van der Waals surface area contributed by atoms with Crippen LogP contribution < -0.4 is 0 Å². The van der Waals surface area contributed by atoms with E-state index in [-0.39, 0.29) is 16.8 Å². The van der Waals surface area contributed by atoms with E-state index in [1.54, 1.807) is 0 Å². The van der Waals surface area contributed by atoms with Crippen LogP contribution in [0.1, 0.15) is 19.4 Å². The van der Waals surface area contributed by atoms with Crippen molar-refractivity contribution >= 4 is 11.4 Å². The second-order valence-electron chi connectivity index (χ2n) is 7.02. The zero-order valence-corrected chi connectivity index (χ0v) is 13.6. The summed E-state index contributed by atoms with van der Waals surface area (Å²) in [6, 6.07) is 12.4. The van der Waals surface area contributed by atoms with Gasteiger partial charge in [-0.3, -0.25) is 4.79 Å². The van der Waals surface area contributed by atoms with Gasteiger partial charge in [0.1, 0.15) is 6.07 Å². The van der Waals surface area contributed by atoms with E-state index in [1.165, 1.54) is 16.8 Å². The molecule has 3 aliphatic rings. The van der Waals surface area contributed by atoms with Gasteiger partial charge in [-0.1, -0.05) is 36.4 Å². The maximum atomic E-state index is 12.7. The van der Waals surface area contributed by atoms with E-state index >= 15 is 0 Å². The van der Waals surface area contributed by atoms with Crippen LogP contribution in [0, 0.1) is 22.2 Å². The second kappa shape index (κ2) is 4.23. The summed E-state index contributed by atoms with van der Waals surface area (Å²) in [5.41, 5.74) is 4.04. The van der Waals surface area contributed by atoms with Gasteiger partial charge >= 0.3 is 0 Å². The molecular weight excluding hydrogens is 284 g/mol. The van der Waals surface area contributed by atoms with E-state index in [0.29, 0.717) is 0 Å². The third-order valence-electron chi connectivity index (χ3n) is 5.35. The first-order valence-corrected chi connectivity index (χ1v) is 7.85. The van der Waals surface area contributed by atoms with E-state index in [0.717, 1.165) is 12.1 Å². The minimum atomic E-state index is -0.636. The third kappa shape index (κ3) is 1.56. The number of Topliss-reactive ketones (excluding diaryl/α,β-unsaturated/α-hetero) is 1. The highest BCUT2D eigenvalue weighted by atomic mass is 16.1. The Morgan fingerprint density at radius 1 is 1.22 bits per heavy atom. The van der Waals surface area contributed by atoms with Crippen molar-refractivity contribution in [1.29, 1.82) is 5.26 Å². The lowest BCUT2D eigenvalue weighted by Gasteiger charge is -2.41. The standard InChI is InChI=1S/C20H18N2O/c1-19(2)15-9-10-22(3)17-16(13-7-5-4-6-8-13)20(15,17)11-14(12-21)18(19)23/h4-9,11H,10H2,1-3H3/t20-/m0/s1. The number of hydrogen-bond donors (Lipinski definition) is 0. The number of ketones is 1. The molecule has 0 fully saturated rings. The smallest absolute Gasteiger partial charge is 0.182 e. The van der Waals surface area contributed by atoms with Crippen molar-refractivity contribution in [2.24, 2.45) is 10.8 Å². The first-order chi connectivity index (χ1) is 10.9. The molecule has 0 aromatic heterocycles. The fraction of sp³-hybridized carbons (Fsp3) is 0.300. The summed E-state index contributed by atoms with van der Waals surface area (Å²) in [5.74, 6) is -0.0694. The molecule has 3 nitrogen and oxygen atoms in total. The molecule has 0 amide bonds. The Kier molecular flexibility index (Phi) is 2.58. The molecule has 1 atom stereocenters. The van der Waals surface area contributed by atoms with E-state index in [1.807, 2.05) is 38.1 Å². The quantitative estimate of drug-likeness (QED) is 0.747. The van der Waals surface area contributed by atoms with Crippen molar-refractivity contribution in [2.75, 3.05) is 13.6 Å². The molecule has 2 aliphatic carbocycles. The summed E-state index contributed by atoms with van der Waals surface area (Å²) < 4.78 is 0. The lowest BCUT2D eigenvalue weighted by atomic mass is 9.63. The monoisotopic (exact) mass is 302 g/mol. The summed E-state index contributed by atoms with van der Waals surface area (Å²) >= 11 is 0. The molecule has 0 bridgehead atoms. The van der Waals surface area contributed by atoms with Crippen LogP contribution in [0.4, 0.5) is 0 Å². The van der Waals surface area contributed by atoms with Crippen molar-refractivity contribution in [2.45, 2.75) is 13.8 Å². The van der Waals surface area contributed by atoms with Gasteiger partial charge in [0.2, 0.25) is 0 Å². The SMILES string of the molecule is CN1CC=C2C(C)(C)C(=O)C(C#N)=C[C@@]23C(c2ccccc2)=C13. The topological polar surface area (TPSA) is 44.1 Å². The highest BCUT2D eigenvalue weighted by Gasteiger charge is 2.64. The summed E-state index contributed by atoms with van der Waals surface area (Å²) in [6.45, 7) is 4.68. The minimum absolute atomic E-state index is 0.0694. The van der Waals surface area contributed by atoms with Gasteiger partial charge in [0.15, 0.2) is 5.78 Å². The van der Waals surface area contributed by atoms with Gasteiger partial charge in [-0.15, -0.1) is 0 Å². The highest BCUT2D eigenvalue weighted by Crippen LogP contribution is 2.71. The zero-order valence-electron chi connectivity index (χ0n) is 13.6. The first kappa shape index (κ1) is 14.0. The number of allylic oxidation sites excluding steroid dienone is 3. The van der Waals surface area contributed by atoms with Crippen LogP contribution >= 0.6 is 0 Å². The molecule has 1 heterocycles. The lowest BCUT2D eigenvalue weighted by molar-refractivity contribution is -0.122. The molecular formula is C20H18N2O. The number of carbonyl (C=O) groups is 1. The maximum absolute atomic E-state index is 12.7. The average Bonchev–Trinajstić information content (AvgIpc) is 3.22. The summed E-state index contributed by atoms with van der Waals surface area (Å²) in [4.78, 5) is 14.9. The Balaban J connectivity index is 1.98. The fourth-order valence-corrected chi connectivity index (χ4v) is 4.28. The number of hydrogen-bond acceptors (Lipinski definition) is 3. The molecule has 0 N–H and O–H groups in total. The number of benzene rings is 1. The molecule has 1 aromatic carbocycles. The van der Waals surface area contributed by atoms with Gasteiger partial charge in [0, 0.05) is 24.9 Å². The molecule has 0 saturated heterocycles. The van der Waals surface area contributed by atoms with Crippen LogP contribution in [0.15, 0.2) is 59.3 Å². The van der Waals surface area contributed by atoms with Gasteiger partial charge < -0.3 is 4.90 Å². The molecule has 0 saturated carbocycles. The van der Waals surface area contributed by atoms with Crippen LogP contribution in [0.5, 0.6) is 0 Å². The van der Waals surface area contributed by atoms with Gasteiger partial charge in [0.25, 0.3) is 0 Å². The Labute approximate surface area is 136 Å². The fourth-order valence-electron chi connectivity index (χ4n) is 4.28. The number of rotatable bonds is 1. The van der Waals surface area contributed by atoms with Crippen molar-refractivity contribution in [3.63, 3.8) is 0 Å². The van der Waals surface area contributed by atoms with Crippen LogP contribution in [-0.4, -0.2) is 24.3 Å². The van der Waals surface area contributed by atoms with E-state index in [9.17, 15) is 10.1 Å². The molecule has 3 heteroatoms. The van der Waals surface area contributed by atoms with Crippen LogP contribution in [-0.2, 0) is 4.79 Å². The molecule has 0 unspecified atom stereocenters. The number of nitriles is 1. The second-order valence-corrected chi connectivity index (χ2v) is 7.02. The van der Waals surface area contributed by atoms with Crippen LogP contribution in [0.3, 0.4) is 0 Å². The molecule has 1 spiro atoms. The van der Waals surface area contributed by atoms with Crippen molar-refractivity contribution < 1.29 is 4.79 Å². The molecule has 114 valence electrons. The molecule has 23 heavy (non-hydrogen) atoms. The summed E-state index contributed by atoms with van der Waals surface area (Å²) in [7, 11) is 2.07. The Morgan fingerprint density at radius 2 is 1.91 bits per heavy atom. The molecule has 4 rings (SSSR count). The van der Waals surface area contributed by atoms with E-state index in [2.05, 4.69) is 36.2 Å². The van der Waals surface area contributed by atoms with Crippen molar-refractivity contribution in [1.82, 2.24) is 4.90 Å². The average molecular weight is 302 g/mol. The maximum Gasteiger partial charge on any atom is 0.182 e. The predicted molar refractivity (Wildman–Crippen MR) is 89.0 cm³/mol. The largest absolute Gasteiger partial charge is 0.373 e. The van der Waals surface area contributed by atoms with Crippen LogP contribution in [0.2, 0.25) is 0 Å². The predicted octanol–water partition coefficient (Wildman–Crippen LogP) is 3.33. The normalized spacial score (nSPS) is 27.6. The Morgan fingerprint density at radius 3 is 2.57 bits per heavy atom. The molecule has 1 aliphatic heterocycles. The highest BCUT2D eigenvalue weighted by molar-refractivity contribution is 6.11. The summed E-state index contributed by atoms with van der Waals surface area (Å²) in [6.07, 6.45) is 4.06. The zero-order chi connectivity index (χ0) is 16.4. The summed E-state index contributed by atoms with van der Waals surface area (Å²) in [5, 5.41) is 9.45. The first-order valence-electron chi connectivity index (χ1n) is 7.85. The van der Waals surface area contributed by atoms with E-state index in [4.69, 9.17) is 0 Å². The van der Waals surface area contributed by atoms with Crippen LogP contribution in [0.25, 0.3) is 5.57 Å². The Hall–Kier alpha value is -2.60. The van der Waals surface area contributed by atoms with Gasteiger partial charge in [-0.05, 0) is 31.1 Å². The minimum Gasteiger partial charge on any atom is -0.373 e. The number of likely N-dealkylation sites (N-methyl/N-ethyl adjacent to an activating group) is 1.